The van der Waals surface area contributed by atoms with Gasteiger partial charge in [-0.3, -0.25) is 0 Å². The van der Waals surface area contributed by atoms with E-state index in [0.717, 1.165) is 74.4 Å². The molecule has 0 saturated heterocycles. The van der Waals surface area contributed by atoms with Crippen molar-refractivity contribution in [2.75, 3.05) is 21.3 Å². The standard InChI is InChI=1S/C56H52O4/c1-53(2)33-54(3,4)35-55(34-53)48-16-12-11-15-43(48)50-46-32-49(59-7)45(38-19-17-37(18-20-38)36-13-9-8-10-14-36)31-47(46)52-44(51(50)55)29-30-56(60-52,39-21-25-41(57-5)26-22-39)40-23-27-42(58-6)28-24-40/h8-32H,33-35H2,1-7H3. The molecule has 0 N–H and O–H groups in total. The Labute approximate surface area is 354 Å². The second-order valence-corrected chi connectivity index (χ2v) is 18.6. The molecule has 0 unspecified atom stereocenters. The molecule has 4 heteroatoms. The molecular formula is C56H52O4. The molecule has 300 valence electrons. The van der Waals surface area contributed by atoms with Crippen LogP contribution in [0.1, 0.15) is 74.8 Å². The summed E-state index contributed by atoms with van der Waals surface area (Å²) in [6, 6.07) is 49.7. The van der Waals surface area contributed by atoms with Gasteiger partial charge < -0.3 is 18.9 Å². The second-order valence-electron chi connectivity index (χ2n) is 18.6. The van der Waals surface area contributed by atoms with E-state index in [1.54, 1.807) is 21.3 Å². The van der Waals surface area contributed by atoms with Crippen LogP contribution in [0.3, 0.4) is 0 Å². The van der Waals surface area contributed by atoms with Gasteiger partial charge in [-0.15, -0.1) is 0 Å². The first-order chi connectivity index (χ1) is 29.0. The summed E-state index contributed by atoms with van der Waals surface area (Å²) in [6.45, 7) is 9.86. The number of fused-ring (bicyclic) bond motifs is 10. The van der Waals surface area contributed by atoms with Gasteiger partial charge in [-0.05, 0) is 117 Å². The van der Waals surface area contributed by atoms with E-state index in [1.165, 1.54) is 39.8 Å². The average Bonchev–Trinajstić information content (AvgIpc) is 3.53. The highest BCUT2D eigenvalue weighted by Crippen LogP contribution is 2.67. The van der Waals surface area contributed by atoms with Crippen molar-refractivity contribution < 1.29 is 18.9 Å². The summed E-state index contributed by atoms with van der Waals surface area (Å²) in [4.78, 5) is 0. The van der Waals surface area contributed by atoms with E-state index >= 15 is 0 Å². The molecule has 0 bridgehead atoms. The van der Waals surface area contributed by atoms with Gasteiger partial charge >= 0.3 is 0 Å². The summed E-state index contributed by atoms with van der Waals surface area (Å²) in [5, 5.41) is 2.20. The molecule has 1 heterocycles. The van der Waals surface area contributed by atoms with Crippen LogP contribution in [0, 0.1) is 10.8 Å². The first kappa shape index (κ1) is 38.0. The lowest BCUT2D eigenvalue weighted by Gasteiger charge is -2.52. The zero-order chi connectivity index (χ0) is 41.4. The molecule has 7 aromatic carbocycles. The van der Waals surface area contributed by atoms with E-state index in [-0.39, 0.29) is 16.2 Å². The third-order valence-corrected chi connectivity index (χ3v) is 13.4. The van der Waals surface area contributed by atoms with Crippen LogP contribution in [-0.2, 0) is 11.0 Å². The molecule has 1 aliphatic heterocycles. The monoisotopic (exact) mass is 788 g/mol. The van der Waals surface area contributed by atoms with Crippen molar-refractivity contribution in [3.63, 3.8) is 0 Å². The van der Waals surface area contributed by atoms with Crippen LogP contribution >= 0.6 is 0 Å². The van der Waals surface area contributed by atoms with E-state index in [1.807, 2.05) is 24.3 Å². The van der Waals surface area contributed by atoms with Crippen LogP contribution < -0.4 is 18.9 Å². The van der Waals surface area contributed by atoms with Gasteiger partial charge in [-0.2, -0.15) is 0 Å². The number of methoxy groups -OCH3 is 3. The van der Waals surface area contributed by atoms with Crippen LogP contribution in [0.2, 0.25) is 0 Å². The highest BCUT2D eigenvalue weighted by Gasteiger charge is 2.55. The van der Waals surface area contributed by atoms with Crippen LogP contribution in [-0.4, -0.2) is 21.3 Å². The topological polar surface area (TPSA) is 36.9 Å². The van der Waals surface area contributed by atoms with E-state index in [9.17, 15) is 0 Å². The first-order valence-electron chi connectivity index (χ1n) is 21.1. The largest absolute Gasteiger partial charge is 0.497 e. The average molecular weight is 789 g/mol. The summed E-state index contributed by atoms with van der Waals surface area (Å²) in [7, 11) is 5.20. The Morgan fingerprint density at radius 3 is 1.68 bits per heavy atom. The molecule has 0 amide bonds. The van der Waals surface area contributed by atoms with Crippen molar-refractivity contribution in [3.8, 4) is 56.4 Å². The predicted octanol–water partition coefficient (Wildman–Crippen LogP) is 14.1. The quantitative estimate of drug-likeness (QED) is 0.161. The maximum atomic E-state index is 7.85. The minimum Gasteiger partial charge on any atom is -0.497 e. The normalized spacial score (nSPS) is 17.3. The van der Waals surface area contributed by atoms with Gasteiger partial charge in [0.15, 0.2) is 5.60 Å². The molecule has 3 aliphatic rings. The van der Waals surface area contributed by atoms with Gasteiger partial charge in [0.2, 0.25) is 0 Å². The smallest absolute Gasteiger partial charge is 0.178 e. The Morgan fingerprint density at radius 1 is 0.517 bits per heavy atom. The molecule has 0 aromatic heterocycles. The Balaban J connectivity index is 1.29. The molecule has 2 aliphatic carbocycles. The molecular weight excluding hydrogens is 737 g/mol. The number of hydrogen-bond donors (Lipinski definition) is 0. The van der Waals surface area contributed by atoms with E-state index < -0.39 is 5.60 Å². The lowest BCUT2D eigenvalue weighted by molar-refractivity contribution is 0.0642. The van der Waals surface area contributed by atoms with Gasteiger partial charge in [0.1, 0.15) is 23.0 Å². The number of rotatable bonds is 7. The van der Waals surface area contributed by atoms with Crippen LogP contribution in [0.25, 0.3) is 50.2 Å². The summed E-state index contributed by atoms with van der Waals surface area (Å²) < 4.78 is 25.5. The molecule has 60 heavy (non-hydrogen) atoms. The molecule has 1 saturated carbocycles. The van der Waals surface area contributed by atoms with Gasteiger partial charge in [0.25, 0.3) is 0 Å². The Kier molecular flexibility index (Phi) is 8.80. The molecule has 0 radical (unpaired) electrons. The molecule has 1 spiro atoms. The van der Waals surface area contributed by atoms with Crippen LogP contribution in [0.5, 0.6) is 23.0 Å². The predicted molar refractivity (Wildman–Crippen MR) is 245 cm³/mol. The minimum absolute atomic E-state index is 0.112. The maximum Gasteiger partial charge on any atom is 0.178 e. The van der Waals surface area contributed by atoms with Crippen molar-refractivity contribution in [1.29, 1.82) is 0 Å². The minimum atomic E-state index is -0.951. The molecule has 0 atom stereocenters. The summed E-state index contributed by atoms with van der Waals surface area (Å²) in [5.74, 6) is 3.31. The van der Waals surface area contributed by atoms with E-state index in [2.05, 4.69) is 155 Å². The second kappa shape index (κ2) is 13.9. The van der Waals surface area contributed by atoms with Gasteiger partial charge in [-0.25, -0.2) is 0 Å². The lowest BCUT2D eigenvalue weighted by atomic mass is 9.52. The molecule has 7 aromatic rings. The van der Waals surface area contributed by atoms with Gasteiger partial charge in [0, 0.05) is 33.1 Å². The van der Waals surface area contributed by atoms with Crippen LogP contribution in [0.15, 0.2) is 146 Å². The summed E-state index contributed by atoms with van der Waals surface area (Å²) in [5.41, 5.74) is 12.1. The third kappa shape index (κ3) is 5.94. The Bertz CT molecular complexity index is 2730. The fraction of sp³-hybridized carbons (Fsp3) is 0.250. The highest BCUT2D eigenvalue weighted by molar-refractivity contribution is 6.10. The number of benzene rings is 7. The fourth-order valence-electron chi connectivity index (χ4n) is 11.7. The van der Waals surface area contributed by atoms with Crippen molar-refractivity contribution in [3.05, 3.63) is 173 Å². The zero-order valence-electron chi connectivity index (χ0n) is 35.7. The Morgan fingerprint density at radius 2 is 1.08 bits per heavy atom. The lowest BCUT2D eigenvalue weighted by Crippen LogP contribution is -2.44. The first-order valence-corrected chi connectivity index (χ1v) is 21.1. The van der Waals surface area contributed by atoms with Crippen molar-refractivity contribution in [1.82, 2.24) is 0 Å². The third-order valence-electron chi connectivity index (χ3n) is 13.4. The van der Waals surface area contributed by atoms with Crippen molar-refractivity contribution in [2.24, 2.45) is 10.8 Å². The van der Waals surface area contributed by atoms with E-state index in [4.69, 9.17) is 18.9 Å². The maximum absolute atomic E-state index is 7.85. The van der Waals surface area contributed by atoms with Crippen molar-refractivity contribution >= 4 is 16.8 Å². The van der Waals surface area contributed by atoms with Crippen molar-refractivity contribution in [2.45, 2.75) is 58.0 Å². The summed E-state index contributed by atoms with van der Waals surface area (Å²) >= 11 is 0. The van der Waals surface area contributed by atoms with Crippen LogP contribution in [0.4, 0.5) is 0 Å². The summed E-state index contributed by atoms with van der Waals surface area (Å²) in [6.07, 6.45) is 7.92. The van der Waals surface area contributed by atoms with Gasteiger partial charge in [-0.1, -0.05) is 137 Å². The van der Waals surface area contributed by atoms with E-state index in [0.29, 0.717) is 0 Å². The molecule has 10 rings (SSSR count). The SMILES string of the molecule is COc1ccc(C2(c3ccc(OC)cc3)C=Cc3c4c(c5cc(OC)c(-c6ccc(-c7ccccc7)cc6)cc5c3O2)-c2ccccc2C42CC(C)(C)CC(C)(C)C2)cc1. The fourth-order valence-corrected chi connectivity index (χ4v) is 11.7. The molecule has 1 fully saturated rings. The number of hydrogen-bond acceptors (Lipinski definition) is 4. The molecule has 4 nitrogen and oxygen atoms in total. The Hall–Kier alpha value is -6.26. The number of ether oxygens (including phenoxy) is 4. The zero-order valence-corrected chi connectivity index (χ0v) is 35.7. The van der Waals surface area contributed by atoms with Gasteiger partial charge in [0.05, 0.1) is 21.3 Å². The highest BCUT2D eigenvalue weighted by atomic mass is 16.5.